The molecular weight excluding hydrogens is 330 g/mol. The maximum atomic E-state index is 12.4. The number of anilines is 1. The van der Waals surface area contributed by atoms with E-state index in [1.807, 2.05) is 25.7 Å². The van der Waals surface area contributed by atoms with Gasteiger partial charge in [0.15, 0.2) is 5.82 Å². The lowest BCUT2D eigenvalue weighted by Gasteiger charge is -2.35. The molecule has 0 radical (unpaired) electrons. The second-order valence-electron chi connectivity index (χ2n) is 9.26. The van der Waals surface area contributed by atoms with Crippen LogP contribution >= 0.6 is 0 Å². The Balaban J connectivity index is 1.61. The molecule has 2 fully saturated rings. The zero-order valence-corrected chi connectivity index (χ0v) is 17.0. The number of ether oxygens (including phenoxy) is 1. The van der Waals surface area contributed by atoms with Crippen LogP contribution in [0.25, 0.3) is 0 Å². The van der Waals surface area contributed by atoms with Gasteiger partial charge >= 0.3 is 6.09 Å². The maximum Gasteiger partial charge on any atom is 0.410 e. The highest BCUT2D eigenvalue weighted by molar-refractivity contribution is 5.68. The fraction of sp³-hybridized carbons (Fsp3) is 0.800. The van der Waals surface area contributed by atoms with Gasteiger partial charge in [-0.3, -0.25) is 0 Å². The van der Waals surface area contributed by atoms with Crippen molar-refractivity contribution in [3.63, 3.8) is 0 Å². The molecule has 3 rings (SSSR count). The van der Waals surface area contributed by atoms with E-state index in [4.69, 9.17) is 9.26 Å². The highest BCUT2D eigenvalue weighted by Gasteiger charge is 2.40. The molecule has 26 heavy (non-hydrogen) atoms. The van der Waals surface area contributed by atoms with E-state index < -0.39 is 5.60 Å². The molecule has 3 unspecified atom stereocenters. The van der Waals surface area contributed by atoms with Gasteiger partial charge in [-0.15, -0.1) is 0 Å². The molecule has 1 aromatic rings. The first kappa shape index (κ1) is 19.1. The summed E-state index contributed by atoms with van der Waals surface area (Å²) in [5.74, 6) is 3.87. The van der Waals surface area contributed by atoms with E-state index >= 15 is 0 Å². The van der Waals surface area contributed by atoms with Crippen LogP contribution in [0, 0.1) is 17.8 Å². The molecule has 6 heteroatoms. The third-order valence-electron chi connectivity index (χ3n) is 5.74. The van der Waals surface area contributed by atoms with E-state index in [0.717, 1.165) is 44.2 Å². The van der Waals surface area contributed by atoms with Gasteiger partial charge in [0, 0.05) is 38.2 Å². The standard InChI is InChI=1S/C20H33N3O3/c1-13(2)14(3)17-9-18(21-26-17)23-10-15-7-8-22(11-16(15)12-23)19(24)25-20(4,5)6/h9,13-16H,7-8,10-12H2,1-6H3. The van der Waals surface area contributed by atoms with Crippen LogP contribution in [-0.2, 0) is 4.74 Å². The summed E-state index contributed by atoms with van der Waals surface area (Å²) in [4.78, 5) is 16.5. The third-order valence-corrected chi connectivity index (χ3v) is 5.74. The number of piperidine rings is 1. The quantitative estimate of drug-likeness (QED) is 0.808. The van der Waals surface area contributed by atoms with Crippen molar-refractivity contribution in [3.05, 3.63) is 11.8 Å². The van der Waals surface area contributed by atoms with E-state index in [2.05, 4.69) is 36.9 Å². The highest BCUT2D eigenvalue weighted by Crippen LogP contribution is 2.35. The highest BCUT2D eigenvalue weighted by atomic mass is 16.6. The van der Waals surface area contributed by atoms with Gasteiger partial charge in [-0.25, -0.2) is 4.79 Å². The summed E-state index contributed by atoms with van der Waals surface area (Å²) >= 11 is 0. The minimum Gasteiger partial charge on any atom is -0.444 e. The summed E-state index contributed by atoms with van der Waals surface area (Å²) in [6, 6.07) is 2.09. The molecule has 0 saturated carbocycles. The van der Waals surface area contributed by atoms with Gasteiger partial charge in [0.2, 0.25) is 0 Å². The van der Waals surface area contributed by atoms with E-state index in [1.165, 1.54) is 0 Å². The van der Waals surface area contributed by atoms with Crippen LogP contribution in [0.3, 0.4) is 0 Å². The number of carbonyl (C=O) groups excluding carboxylic acids is 1. The molecule has 1 aromatic heterocycles. The summed E-state index contributed by atoms with van der Waals surface area (Å²) in [6.45, 7) is 15.8. The number of aromatic nitrogens is 1. The molecule has 3 atom stereocenters. The topological polar surface area (TPSA) is 58.8 Å². The number of hydrogen-bond donors (Lipinski definition) is 0. The molecule has 0 aliphatic carbocycles. The zero-order valence-electron chi connectivity index (χ0n) is 17.0. The zero-order chi connectivity index (χ0) is 19.1. The van der Waals surface area contributed by atoms with Crippen molar-refractivity contribution in [1.29, 1.82) is 0 Å². The van der Waals surface area contributed by atoms with E-state index in [9.17, 15) is 4.79 Å². The summed E-state index contributed by atoms with van der Waals surface area (Å²) < 4.78 is 11.1. The van der Waals surface area contributed by atoms with Gasteiger partial charge in [-0.1, -0.05) is 25.9 Å². The van der Waals surface area contributed by atoms with Crippen molar-refractivity contribution >= 4 is 11.9 Å². The van der Waals surface area contributed by atoms with Crippen LogP contribution in [0.2, 0.25) is 0 Å². The molecule has 0 bridgehead atoms. The first-order valence-corrected chi connectivity index (χ1v) is 9.83. The van der Waals surface area contributed by atoms with Crippen LogP contribution in [0.4, 0.5) is 10.6 Å². The fourth-order valence-electron chi connectivity index (χ4n) is 3.82. The minimum atomic E-state index is -0.445. The molecule has 2 aliphatic heterocycles. The molecule has 0 aromatic carbocycles. The van der Waals surface area contributed by atoms with Gasteiger partial charge < -0.3 is 19.1 Å². The molecular formula is C20H33N3O3. The van der Waals surface area contributed by atoms with E-state index in [-0.39, 0.29) is 6.09 Å². The molecule has 146 valence electrons. The number of nitrogens with zero attached hydrogens (tertiary/aromatic N) is 3. The average molecular weight is 364 g/mol. The van der Waals surface area contributed by atoms with Crippen molar-refractivity contribution in [2.24, 2.45) is 17.8 Å². The number of rotatable bonds is 3. The lowest BCUT2D eigenvalue weighted by molar-refractivity contribution is 0.0140. The lowest BCUT2D eigenvalue weighted by Crippen LogP contribution is -2.45. The van der Waals surface area contributed by atoms with Gasteiger partial charge in [0.1, 0.15) is 11.4 Å². The monoisotopic (exact) mass is 363 g/mol. The Morgan fingerprint density at radius 1 is 1.23 bits per heavy atom. The Labute approximate surface area is 156 Å². The minimum absolute atomic E-state index is 0.191. The number of carbonyl (C=O) groups is 1. The van der Waals surface area contributed by atoms with Crippen LogP contribution in [-0.4, -0.2) is 47.9 Å². The Bertz CT molecular complexity index is 634. The molecule has 0 spiro atoms. The van der Waals surface area contributed by atoms with Crippen LogP contribution in [0.1, 0.15) is 59.6 Å². The average Bonchev–Trinajstić information content (AvgIpc) is 3.18. The number of amides is 1. The molecule has 3 heterocycles. The summed E-state index contributed by atoms with van der Waals surface area (Å²) in [6.07, 6.45) is 0.830. The molecule has 1 amide bonds. The number of fused-ring (bicyclic) bond motifs is 1. The van der Waals surface area contributed by atoms with Crippen LogP contribution in [0.15, 0.2) is 10.6 Å². The predicted molar refractivity (Wildman–Crippen MR) is 101 cm³/mol. The van der Waals surface area contributed by atoms with Crippen molar-refractivity contribution < 1.29 is 14.1 Å². The second-order valence-corrected chi connectivity index (χ2v) is 9.26. The fourth-order valence-corrected chi connectivity index (χ4v) is 3.82. The van der Waals surface area contributed by atoms with Gasteiger partial charge in [-0.2, -0.15) is 0 Å². The van der Waals surface area contributed by atoms with Crippen molar-refractivity contribution in [2.75, 3.05) is 31.1 Å². The van der Waals surface area contributed by atoms with Crippen LogP contribution < -0.4 is 4.90 Å². The van der Waals surface area contributed by atoms with Crippen LogP contribution in [0.5, 0.6) is 0 Å². The molecule has 2 aliphatic rings. The largest absolute Gasteiger partial charge is 0.444 e. The summed E-state index contributed by atoms with van der Waals surface area (Å²) in [5, 5.41) is 4.31. The Kier molecular flexibility index (Phi) is 5.22. The lowest BCUT2D eigenvalue weighted by atomic mass is 9.89. The Morgan fingerprint density at radius 2 is 1.92 bits per heavy atom. The van der Waals surface area contributed by atoms with Crippen molar-refractivity contribution in [1.82, 2.24) is 10.1 Å². The summed E-state index contributed by atoms with van der Waals surface area (Å²) in [7, 11) is 0. The maximum absolute atomic E-state index is 12.4. The first-order chi connectivity index (χ1) is 12.1. The summed E-state index contributed by atoms with van der Waals surface area (Å²) in [5.41, 5.74) is -0.445. The van der Waals surface area contributed by atoms with Gasteiger partial charge in [-0.05, 0) is 44.9 Å². The number of likely N-dealkylation sites (tertiary alicyclic amines) is 1. The smallest absolute Gasteiger partial charge is 0.410 e. The molecule has 0 N–H and O–H groups in total. The second kappa shape index (κ2) is 7.12. The SMILES string of the molecule is CC(C)C(C)c1cc(N2CC3CCN(C(=O)OC(C)(C)C)CC3C2)no1. The molecule has 2 saturated heterocycles. The predicted octanol–water partition coefficient (Wildman–Crippen LogP) is 4.13. The third kappa shape index (κ3) is 4.15. The van der Waals surface area contributed by atoms with E-state index in [0.29, 0.717) is 23.7 Å². The van der Waals surface area contributed by atoms with Gasteiger partial charge in [0.25, 0.3) is 0 Å². The van der Waals surface area contributed by atoms with Crippen molar-refractivity contribution in [3.8, 4) is 0 Å². The van der Waals surface area contributed by atoms with Gasteiger partial charge in [0.05, 0.1) is 0 Å². The van der Waals surface area contributed by atoms with E-state index in [1.54, 1.807) is 0 Å². The normalized spacial score (nSPS) is 24.7. The Morgan fingerprint density at radius 3 is 2.58 bits per heavy atom. The molecule has 6 nitrogen and oxygen atoms in total. The Hall–Kier alpha value is -1.72. The van der Waals surface area contributed by atoms with Crippen molar-refractivity contribution in [2.45, 2.75) is 59.5 Å². The number of hydrogen-bond acceptors (Lipinski definition) is 5. The first-order valence-electron chi connectivity index (χ1n) is 9.83.